The highest BCUT2D eigenvalue weighted by atomic mass is 127. The molecule has 0 bridgehead atoms. The van der Waals surface area contributed by atoms with Crippen molar-refractivity contribution in [2.75, 3.05) is 13.6 Å². The fourth-order valence-electron chi connectivity index (χ4n) is 2.56. The zero-order valence-corrected chi connectivity index (χ0v) is 17.9. The molecule has 2 aromatic rings. The predicted molar refractivity (Wildman–Crippen MR) is 111 cm³/mol. The van der Waals surface area contributed by atoms with Crippen LogP contribution in [0.25, 0.3) is 0 Å². The number of hydrogen-bond donors (Lipinski definition) is 2. The van der Waals surface area contributed by atoms with Crippen molar-refractivity contribution in [1.29, 1.82) is 0 Å². The van der Waals surface area contributed by atoms with Crippen molar-refractivity contribution in [3.8, 4) is 0 Å². The maximum Gasteiger partial charge on any atom is 0.416 e. The zero-order valence-electron chi connectivity index (χ0n) is 15.5. The molecule has 1 aromatic carbocycles. The second-order valence-electron chi connectivity index (χ2n) is 6.11. The van der Waals surface area contributed by atoms with Crippen LogP contribution in [-0.4, -0.2) is 29.3 Å². The average Bonchev–Trinajstić information content (AvgIpc) is 3.02. The second kappa shape index (κ2) is 10.5. The van der Waals surface area contributed by atoms with Gasteiger partial charge in [-0.3, -0.25) is 9.67 Å². The molecule has 1 heterocycles. The number of benzene rings is 1. The van der Waals surface area contributed by atoms with Crippen molar-refractivity contribution in [2.45, 2.75) is 32.0 Å². The molecule has 0 spiro atoms. The molecule has 0 radical (unpaired) electrons. The number of nitrogens with one attached hydrogen (secondary N) is 2. The normalized spacial score (nSPS) is 13.0. The van der Waals surface area contributed by atoms with E-state index in [1.54, 1.807) is 24.0 Å². The molecule has 27 heavy (non-hydrogen) atoms. The van der Waals surface area contributed by atoms with Gasteiger partial charge in [-0.1, -0.05) is 25.1 Å². The van der Waals surface area contributed by atoms with E-state index < -0.39 is 11.7 Å². The highest BCUT2D eigenvalue weighted by Crippen LogP contribution is 2.31. The highest BCUT2D eigenvalue weighted by molar-refractivity contribution is 14.0. The van der Waals surface area contributed by atoms with E-state index in [2.05, 4.69) is 20.7 Å². The fraction of sp³-hybridized carbons (Fsp3) is 0.444. The Balaban J connectivity index is 0.00000364. The Kier molecular flexibility index (Phi) is 9.07. The van der Waals surface area contributed by atoms with Gasteiger partial charge in [-0.25, -0.2) is 0 Å². The molecule has 0 fully saturated rings. The Labute approximate surface area is 174 Å². The summed E-state index contributed by atoms with van der Waals surface area (Å²) in [6, 6.07) is 7.42. The summed E-state index contributed by atoms with van der Waals surface area (Å²) in [6.07, 6.45) is -1.90. The minimum absolute atomic E-state index is 0. The first kappa shape index (κ1) is 23.3. The zero-order chi connectivity index (χ0) is 19.2. The van der Waals surface area contributed by atoms with Crippen LogP contribution < -0.4 is 10.6 Å². The number of nitrogens with zero attached hydrogens (tertiary/aromatic N) is 3. The van der Waals surface area contributed by atoms with Gasteiger partial charge in [0.05, 0.1) is 17.8 Å². The van der Waals surface area contributed by atoms with Gasteiger partial charge >= 0.3 is 6.18 Å². The molecule has 0 saturated heterocycles. The van der Waals surface area contributed by atoms with E-state index in [1.165, 1.54) is 12.1 Å². The topological polar surface area (TPSA) is 54.2 Å². The number of aromatic nitrogens is 2. The number of rotatable bonds is 6. The van der Waals surface area contributed by atoms with Crippen LogP contribution in [0.2, 0.25) is 0 Å². The molecular weight excluding hydrogens is 470 g/mol. The lowest BCUT2D eigenvalue weighted by Crippen LogP contribution is -2.38. The van der Waals surface area contributed by atoms with E-state index in [9.17, 15) is 13.2 Å². The first-order valence-electron chi connectivity index (χ1n) is 8.40. The molecule has 0 saturated carbocycles. The maximum atomic E-state index is 12.8. The third-order valence-corrected chi connectivity index (χ3v) is 4.24. The molecule has 1 aromatic heterocycles. The summed E-state index contributed by atoms with van der Waals surface area (Å²) in [7, 11) is 3.54. The van der Waals surface area contributed by atoms with E-state index >= 15 is 0 Å². The largest absolute Gasteiger partial charge is 0.416 e. The third kappa shape index (κ3) is 7.04. The fourth-order valence-corrected chi connectivity index (χ4v) is 2.56. The lowest BCUT2D eigenvalue weighted by atomic mass is 9.96. The van der Waals surface area contributed by atoms with Crippen LogP contribution in [0.1, 0.15) is 36.1 Å². The second-order valence-corrected chi connectivity index (χ2v) is 6.11. The number of aryl methyl sites for hydroxylation is 1. The lowest BCUT2D eigenvalue weighted by Gasteiger charge is -2.16. The van der Waals surface area contributed by atoms with E-state index in [-0.39, 0.29) is 29.9 Å². The summed E-state index contributed by atoms with van der Waals surface area (Å²) in [5.41, 5.74) is 1.09. The molecule has 1 unspecified atom stereocenters. The SMILES string of the molecule is CN=C(NCCC(C)c1cccc(C(F)(F)F)c1)NCc1ccnn1C.I. The van der Waals surface area contributed by atoms with E-state index in [4.69, 9.17) is 0 Å². The van der Waals surface area contributed by atoms with Crippen LogP contribution in [0.5, 0.6) is 0 Å². The molecule has 1 atom stereocenters. The van der Waals surface area contributed by atoms with Gasteiger partial charge in [0, 0.05) is 26.8 Å². The van der Waals surface area contributed by atoms with Crippen LogP contribution in [0.15, 0.2) is 41.5 Å². The van der Waals surface area contributed by atoms with Gasteiger partial charge < -0.3 is 10.6 Å². The number of halogens is 4. The Morgan fingerprint density at radius 1 is 1.26 bits per heavy atom. The smallest absolute Gasteiger partial charge is 0.356 e. The monoisotopic (exact) mass is 495 g/mol. The van der Waals surface area contributed by atoms with Gasteiger partial charge in [-0.2, -0.15) is 18.3 Å². The molecule has 150 valence electrons. The molecule has 0 aliphatic heterocycles. The van der Waals surface area contributed by atoms with Crippen LogP contribution in [-0.2, 0) is 19.8 Å². The number of guanidine groups is 1. The van der Waals surface area contributed by atoms with Gasteiger partial charge in [0.1, 0.15) is 0 Å². The number of alkyl halides is 3. The van der Waals surface area contributed by atoms with Gasteiger partial charge in [0.2, 0.25) is 0 Å². The standard InChI is InChI=1S/C18H24F3N5.HI/c1-13(14-5-4-6-15(11-14)18(19,20)21)7-9-23-17(22-2)24-12-16-8-10-25-26(16)3;/h4-6,8,10-11,13H,7,9,12H2,1-3H3,(H2,22,23,24);1H. The Morgan fingerprint density at radius 3 is 2.59 bits per heavy atom. The first-order chi connectivity index (χ1) is 12.3. The summed E-state index contributed by atoms with van der Waals surface area (Å²) in [4.78, 5) is 4.15. The third-order valence-electron chi connectivity index (χ3n) is 4.24. The average molecular weight is 495 g/mol. The molecule has 2 N–H and O–H groups in total. The first-order valence-corrected chi connectivity index (χ1v) is 8.40. The number of hydrogen-bond acceptors (Lipinski definition) is 2. The molecule has 5 nitrogen and oxygen atoms in total. The van der Waals surface area contributed by atoms with Gasteiger partial charge in [0.15, 0.2) is 5.96 Å². The highest BCUT2D eigenvalue weighted by Gasteiger charge is 2.30. The summed E-state index contributed by atoms with van der Waals surface area (Å²) in [6.45, 7) is 3.10. The molecular formula is C18H25F3IN5. The van der Waals surface area contributed by atoms with Crippen molar-refractivity contribution >= 4 is 29.9 Å². The summed E-state index contributed by atoms with van der Waals surface area (Å²) in [5, 5.41) is 10.5. The molecule has 9 heteroatoms. The maximum absolute atomic E-state index is 12.8. The minimum Gasteiger partial charge on any atom is -0.356 e. The van der Waals surface area contributed by atoms with E-state index in [0.29, 0.717) is 31.0 Å². The molecule has 0 aliphatic carbocycles. The van der Waals surface area contributed by atoms with Crippen LogP contribution >= 0.6 is 24.0 Å². The van der Waals surface area contributed by atoms with Gasteiger partial charge in [-0.05, 0) is 30.0 Å². The van der Waals surface area contributed by atoms with Crippen LogP contribution in [0.4, 0.5) is 13.2 Å². The molecule has 0 amide bonds. The van der Waals surface area contributed by atoms with Gasteiger partial charge in [-0.15, -0.1) is 24.0 Å². The number of aliphatic imine (C=N–C) groups is 1. The van der Waals surface area contributed by atoms with E-state index in [0.717, 1.165) is 11.8 Å². The Morgan fingerprint density at radius 2 is 2.00 bits per heavy atom. The van der Waals surface area contributed by atoms with Crippen molar-refractivity contribution in [1.82, 2.24) is 20.4 Å². The van der Waals surface area contributed by atoms with E-state index in [1.807, 2.05) is 20.0 Å². The minimum atomic E-state index is -4.31. The van der Waals surface area contributed by atoms with Gasteiger partial charge in [0.25, 0.3) is 0 Å². The van der Waals surface area contributed by atoms with Crippen LogP contribution in [0.3, 0.4) is 0 Å². The summed E-state index contributed by atoms with van der Waals surface area (Å²) >= 11 is 0. The van der Waals surface area contributed by atoms with Crippen molar-refractivity contribution in [3.05, 3.63) is 53.3 Å². The van der Waals surface area contributed by atoms with Crippen molar-refractivity contribution < 1.29 is 13.2 Å². The summed E-state index contributed by atoms with van der Waals surface area (Å²) in [5.74, 6) is 0.641. The molecule has 2 rings (SSSR count). The Hall–Kier alpha value is -1.78. The predicted octanol–water partition coefficient (Wildman–Crippen LogP) is 3.92. The van der Waals surface area contributed by atoms with Crippen molar-refractivity contribution in [3.63, 3.8) is 0 Å². The van der Waals surface area contributed by atoms with Crippen LogP contribution in [0, 0.1) is 0 Å². The quantitative estimate of drug-likeness (QED) is 0.363. The summed E-state index contributed by atoms with van der Waals surface area (Å²) < 4.78 is 40.2. The van der Waals surface area contributed by atoms with Crippen molar-refractivity contribution in [2.24, 2.45) is 12.0 Å². The molecule has 0 aliphatic rings. The lowest BCUT2D eigenvalue weighted by molar-refractivity contribution is -0.137. The Bertz CT molecular complexity index is 743.